The highest BCUT2D eigenvalue weighted by Gasteiger charge is 2.22. The molecular formula is C11H11NO5. The Morgan fingerprint density at radius 1 is 1.12 bits per heavy atom. The molecule has 90 valence electrons. The monoisotopic (exact) mass is 237 g/mol. The van der Waals surface area contributed by atoms with Gasteiger partial charge in [-0.3, -0.25) is 4.79 Å². The van der Waals surface area contributed by atoms with Crippen molar-refractivity contribution in [3.63, 3.8) is 0 Å². The molecule has 17 heavy (non-hydrogen) atoms. The van der Waals surface area contributed by atoms with Crippen molar-refractivity contribution in [2.45, 2.75) is 13.8 Å². The highest BCUT2D eigenvalue weighted by Crippen LogP contribution is 2.24. The first-order valence-electron chi connectivity index (χ1n) is 4.72. The number of anilines is 1. The fraction of sp³-hybridized carbons (Fsp3) is 0.182. The number of hydrogen-bond donors (Lipinski definition) is 3. The van der Waals surface area contributed by atoms with Crippen molar-refractivity contribution in [2.75, 3.05) is 5.32 Å². The molecule has 0 unspecified atom stereocenters. The van der Waals surface area contributed by atoms with E-state index in [1.165, 1.54) is 19.1 Å². The Labute approximate surface area is 96.9 Å². The molecule has 1 amide bonds. The Morgan fingerprint density at radius 2 is 1.71 bits per heavy atom. The number of carbonyl (C=O) groups is 3. The van der Waals surface area contributed by atoms with Crippen LogP contribution in [-0.2, 0) is 4.79 Å². The quantitative estimate of drug-likeness (QED) is 0.736. The van der Waals surface area contributed by atoms with Gasteiger partial charge in [-0.25, -0.2) is 9.59 Å². The molecule has 0 saturated carbocycles. The van der Waals surface area contributed by atoms with E-state index in [2.05, 4.69) is 5.32 Å². The Balaban J connectivity index is 3.54. The van der Waals surface area contributed by atoms with Crippen LogP contribution in [0.25, 0.3) is 0 Å². The zero-order valence-electron chi connectivity index (χ0n) is 9.27. The third-order valence-electron chi connectivity index (χ3n) is 2.16. The molecule has 6 nitrogen and oxygen atoms in total. The standard InChI is InChI=1S/C11H11NO5/c1-5-3-4-7(10(14)15)8(11(16)17)9(5)12-6(2)13/h3-4H,1-2H3,(H,12,13)(H,14,15)(H,16,17). The van der Waals surface area contributed by atoms with Crippen LogP contribution in [0.2, 0.25) is 0 Å². The first kappa shape index (κ1) is 12.7. The van der Waals surface area contributed by atoms with Gasteiger partial charge in [0.25, 0.3) is 0 Å². The van der Waals surface area contributed by atoms with Crippen LogP contribution in [0.5, 0.6) is 0 Å². The van der Waals surface area contributed by atoms with Crippen LogP contribution in [0.1, 0.15) is 33.2 Å². The topological polar surface area (TPSA) is 104 Å². The van der Waals surface area contributed by atoms with Gasteiger partial charge in [-0.1, -0.05) is 6.07 Å². The molecule has 3 N–H and O–H groups in total. The maximum Gasteiger partial charge on any atom is 0.338 e. The van der Waals surface area contributed by atoms with Gasteiger partial charge >= 0.3 is 11.9 Å². The number of hydrogen-bond acceptors (Lipinski definition) is 3. The minimum absolute atomic E-state index is 0.0184. The lowest BCUT2D eigenvalue weighted by molar-refractivity contribution is -0.114. The first-order chi connectivity index (χ1) is 7.84. The zero-order valence-corrected chi connectivity index (χ0v) is 9.27. The molecular weight excluding hydrogens is 226 g/mol. The molecule has 0 spiro atoms. The molecule has 0 heterocycles. The molecule has 0 radical (unpaired) electrons. The highest BCUT2D eigenvalue weighted by atomic mass is 16.4. The molecule has 0 aliphatic heterocycles. The van der Waals surface area contributed by atoms with E-state index in [0.717, 1.165) is 0 Å². The average Bonchev–Trinajstić information content (AvgIpc) is 2.19. The summed E-state index contributed by atoms with van der Waals surface area (Å²) in [5.41, 5.74) is -0.257. The molecule has 0 aromatic heterocycles. The Bertz CT molecular complexity index is 507. The fourth-order valence-electron chi connectivity index (χ4n) is 1.44. The first-order valence-corrected chi connectivity index (χ1v) is 4.72. The van der Waals surface area contributed by atoms with E-state index in [1.807, 2.05) is 0 Å². The minimum atomic E-state index is -1.39. The predicted octanol–water partition coefficient (Wildman–Crippen LogP) is 1.35. The summed E-state index contributed by atoms with van der Waals surface area (Å²) in [6.45, 7) is 2.81. The normalized spacial score (nSPS) is 9.76. The number of carbonyl (C=O) groups excluding carboxylic acids is 1. The maximum atomic E-state index is 11.1. The molecule has 1 aromatic carbocycles. The molecule has 0 atom stereocenters. The molecule has 1 rings (SSSR count). The van der Waals surface area contributed by atoms with Crippen LogP contribution in [-0.4, -0.2) is 28.1 Å². The molecule has 1 aromatic rings. The zero-order chi connectivity index (χ0) is 13.2. The summed E-state index contributed by atoms with van der Waals surface area (Å²) in [6, 6.07) is 2.65. The average molecular weight is 237 g/mol. The number of rotatable bonds is 3. The van der Waals surface area contributed by atoms with E-state index in [9.17, 15) is 14.4 Å². The van der Waals surface area contributed by atoms with Crippen LogP contribution in [0.15, 0.2) is 12.1 Å². The number of aryl methyl sites for hydroxylation is 1. The van der Waals surface area contributed by atoms with Gasteiger partial charge in [0.2, 0.25) is 5.91 Å². The highest BCUT2D eigenvalue weighted by molar-refractivity contribution is 6.08. The Hall–Kier alpha value is -2.37. The van der Waals surface area contributed by atoms with Crippen molar-refractivity contribution in [1.82, 2.24) is 0 Å². The number of carboxylic acids is 2. The summed E-state index contributed by atoms with van der Waals surface area (Å²) in [5.74, 6) is -3.21. The van der Waals surface area contributed by atoms with Crippen molar-refractivity contribution in [2.24, 2.45) is 0 Å². The third kappa shape index (κ3) is 2.60. The summed E-state index contributed by atoms with van der Waals surface area (Å²) < 4.78 is 0. The Morgan fingerprint density at radius 3 is 2.12 bits per heavy atom. The van der Waals surface area contributed by atoms with Gasteiger partial charge < -0.3 is 15.5 Å². The van der Waals surface area contributed by atoms with Crippen LogP contribution in [0, 0.1) is 6.92 Å². The van der Waals surface area contributed by atoms with E-state index in [4.69, 9.17) is 10.2 Å². The summed E-state index contributed by atoms with van der Waals surface area (Å²) in [6.07, 6.45) is 0. The summed E-state index contributed by atoms with van der Waals surface area (Å²) >= 11 is 0. The van der Waals surface area contributed by atoms with Crippen LogP contribution in [0.3, 0.4) is 0 Å². The van der Waals surface area contributed by atoms with Crippen molar-refractivity contribution in [3.05, 3.63) is 28.8 Å². The van der Waals surface area contributed by atoms with Gasteiger partial charge in [-0.15, -0.1) is 0 Å². The van der Waals surface area contributed by atoms with Crippen molar-refractivity contribution in [1.29, 1.82) is 0 Å². The number of aromatic carboxylic acids is 2. The van der Waals surface area contributed by atoms with E-state index >= 15 is 0 Å². The van der Waals surface area contributed by atoms with Crippen molar-refractivity contribution >= 4 is 23.5 Å². The second-order valence-corrected chi connectivity index (χ2v) is 3.47. The number of amides is 1. The largest absolute Gasteiger partial charge is 0.478 e. The maximum absolute atomic E-state index is 11.1. The van der Waals surface area contributed by atoms with Gasteiger partial charge in [-0.2, -0.15) is 0 Å². The summed E-state index contributed by atoms with van der Waals surface area (Å²) in [7, 11) is 0. The molecule has 0 aliphatic carbocycles. The fourth-order valence-corrected chi connectivity index (χ4v) is 1.44. The van der Waals surface area contributed by atoms with Gasteiger partial charge in [0.05, 0.1) is 16.8 Å². The van der Waals surface area contributed by atoms with Gasteiger partial charge in [0.15, 0.2) is 0 Å². The smallest absolute Gasteiger partial charge is 0.338 e. The van der Waals surface area contributed by atoms with E-state index in [-0.39, 0.29) is 11.3 Å². The summed E-state index contributed by atoms with van der Waals surface area (Å²) in [4.78, 5) is 32.9. The summed E-state index contributed by atoms with van der Waals surface area (Å²) in [5, 5.41) is 20.2. The minimum Gasteiger partial charge on any atom is -0.478 e. The second kappa shape index (κ2) is 4.65. The third-order valence-corrected chi connectivity index (χ3v) is 2.16. The van der Waals surface area contributed by atoms with Crippen molar-refractivity contribution in [3.8, 4) is 0 Å². The second-order valence-electron chi connectivity index (χ2n) is 3.47. The van der Waals surface area contributed by atoms with Gasteiger partial charge in [0.1, 0.15) is 0 Å². The van der Waals surface area contributed by atoms with E-state index in [0.29, 0.717) is 5.56 Å². The molecule has 0 bridgehead atoms. The van der Waals surface area contributed by atoms with Crippen molar-refractivity contribution < 1.29 is 24.6 Å². The van der Waals surface area contributed by atoms with Crippen LogP contribution in [0.4, 0.5) is 5.69 Å². The van der Waals surface area contributed by atoms with Crippen LogP contribution < -0.4 is 5.32 Å². The molecule has 0 aliphatic rings. The lowest BCUT2D eigenvalue weighted by atomic mass is 10.0. The number of benzene rings is 1. The van der Waals surface area contributed by atoms with Gasteiger partial charge in [0, 0.05) is 6.92 Å². The predicted molar refractivity (Wildman–Crippen MR) is 59.4 cm³/mol. The van der Waals surface area contributed by atoms with E-state index in [1.54, 1.807) is 6.92 Å². The molecule has 6 heteroatoms. The molecule has 0 fully saturated rings. The lowest BCUT2D eigenvalue weighted by Crippen LogP contribution is -2.16. The Kier molecular flexibility index (Phi) is 3.47. The number of carboxylic acid groups (broad SMARTS) is 2. The lowest BCUT2D eigenvalue weighted by Gasteiger charge is -2.12. The SMILES string of the molecule is CC(=O)Nc1c(C)ccc(C(=O)O)c1C(=O)O. The molecule has 0 saturated heterocycles. The van der Waals surface area contributed by atoms with Crippen LogP contribution >= 0.6 is 0 Å². The number of nitrogens with one attached hydrogen (secondary N) is 1. The van der Waals surface area contributed by atoms with Gasteiger partial charge in [-0.05, 0) is 18.6 Å². The van der Waals surface area contributed by atoms with E-state index < -0.39 is 23.4 Å².